The predicted molar refractivity (Wildman–Crippen MR) is 54.6 cm³/mol. The zero-order valence-electron chi connectivity index (χ0n) is 7.00. The molecule has 0 aliphatic heterocycles. The van der Waals surface area contributed by atoms with Gasteiger partial charge in [-0.05, 0) is 29.1 Å². The Morgan fingerprint density at radius 1 is 1.31 bits per heavy atom. The number of halogens is 1. The van der Waals surface area contributed by atoms with Crippen LogP contribution in [0, 0.1) is 0 Å². The van der Waals surface area contributed by atoms with Crippen molar-refractivity contribution in [2.24, 2.45) is 5.73 Å². The highest BCUT2D eigenvalue weighted by atomic mass is 35.5. The van der Waals surface area contributed by atoms with Gasteiger partial charge in [0.25, 0.3) is 0 Å². The molecule has 2 N–H and O–H groups in total. The number of aromatic nitrogens is 1. The minimum absolute atomic E-state index is 0.462. The Labute approximate surface area is 81.3 Å². The topological polar surface area (TPSA) is 38.9 Å². The molecule has 3 heteroatoms. The maximum absolute atomic E-state index is 6.00. The molecular weight excluding hydrogens is 184 g/mol. The van der Waals surface area contributed by atoms with Crippen molar-refractivity contribution in [3.8, 4) is 0 Å². The summed E-state index contributed by atoms with van der Waals surface area (Å²) in [5.74, 6) is 0. The first-order chi connectivity index (χ1) is 6.31. The van der Waals surface area contributed by atoms with Gasteiger partial charge in [0.05, 0.1) is 0 Å². The third-order valence-corrected chi connectivity index (χ3v) is 2.38. The lowest BCUT2D eigenvalue weighted by atomic mass is 10.1. The lowest BCUT2D eigenvalue weighted by Crippen LogP contribution is -1.96. The monoisotopic (exact) mass is 192 g/mol. The standard InChI is InChI=1S/C10H9ClN2/c11-10-4-7-1-2-13-6-9(7)3-8(10)5-12/h1-4,6H,5,12H2. The summed E-state index contributed by atoms with van der Waals surface area (Å²) in [6.07, 6.45) is 3.56. The highest BCUT2D eigenvalue weighted by Gasteiger charge is 2.00. The summed E-state index contributed by atoms with van der Waals surface area (Å²) < 4.78 is 0. The zero-order valence-corrected chi connectivity index (χ0v) is 7.75. The fourth-order valence-corrected chi connectivity index (χ4v) is 1.56. The first-order valence-corrected chi connectivity index (χ1v) is 4.41. The van der Waals surface area contributed by atoms with Crippen LogP contribution in [0.1, 0.15) is 5.56 Å². The minimum atomic E-state index is 0.462. The molecule has 66 valence electrons. The SMILES string of the molecule is NCc1cc2cnccc2cc1Cl. The van der Waals surface area contributed by atoms with Crippen molar-refractivity contribution in [3.63, 3.8) is 0 Å². The summed E-state index contributed by atoms with van der Waals surface area (Å²) in [5.41, 5.74) is 6.50. The third-order valence-electron chi connectivity index (χ3n) is 2.03. The van der Waals surface area contributed by atoms with E-state index in [4.69, 9.17) is 17.3 Å². The predicted octanol–water partition coefficient (Wildman–Crippen LogP) is 2.35. The number of fused-ring (bicyclic) bond motifs is 1. The van der Waals surface area contributed by atoms with Crippen molar-refractivity contribution in [2.45, 2.75) is 6.54 Å². The molecule has 1 heterocycles. The van der Waals surface area contributed by atoms with Gasteiger partial charge < -0.3 is 5.73 Å². The van der Waals surface area contributed by atoms with Crippen molar-refractivity contribution in [1.29, 1.82) is 0 Å². The van der Waals surface area contributed by atoms with Gasteiger partial charge in [-0.1, -0.05) is 11.6 Å². The first-order valence-electron chi connectivity index (χ1n) is 4.03. The van der Waals surface area contributed by atoms with E-state index in [1.807, 2.05) is 24.4 Å². The second-order valence-corrected chi connectivity index (χ2v) is 3.28. The molecule has 0 saturated carbocycles. The van der Waals surface area contributed by atoms with Crippen LogP contribution in [-0.2, 0) is 6.54 Å². The van der Waals surface area contributed by atoms with Crippen LogP contribution >= 0.6 is 11.6 Å². The number of benzene rings is 1. The summed E-state index contributed by atoms with van der Waals surface area (Å²) >= 11 is 6.00. The van der Waals surface area contributed by atoms with E-state index < -0.39 is 0 Å². The number of hydrogen-bond acceptors (Lipinski definition) is 2. The molecule has 0 radical (unpaired) electrons. The molecule has 0 unspecified atom stereocenters. The average Bonchev–Trinajstić information content (AvgIpc) is 2.17. The van der Waals surface area contributed by atoms with Gasteiger partial charge in [0.15, 0.2) is 0 Å². The summed E-state index contributed by atoms with van der Waals surface area (Å²) in [6, 6.07) is 5.83. The summed E-state index contributed by atoms with van der Waals surface area (Å²) in [7, 11) is 0. The molecule has 13 heavy (non-hydrogen) atoms. The summed E-state index contributed by atoms with van der Waals surface area (Å²) in [6.45, 7) is 0.462. The van der Waals surface area contributed by atoms with Crippen LogP contribution < -0.4 is 5.73 Å². The highest BCUT2D eigenvalue weighted by Crippen LogP contribution is 2.22. The van der Waals surface area contributed by atoms with E-state index in [1.165, 1.54) is 0 Å². The smallest absolute Gasteiger partial charge is 0.0457 e. The van der Waals surface area contributed by atoms with Crippen LogP contribution in [0.2, 0.25) is 5.02 Å². The number of hydrogen-bond donors (Lipinski definition) is 1. The lowest BCUT2D eigenvalue weighted by Gasteiger charge is -2.03. The van der Waals surface area contributed by atoms with Crippen LogP contribution in [0.3, 0.4) is 0 Å². The number of pyridine rings is 1. The fourth-order valence-electron chi connectivity index (χ4n) is 1.31. The Bertz CT molecular complexity index is 440. The molecule has 0 aliphatic carbocycles. The van der Waals surface area contributed by atoms with Crippen molar-refractivity contribution in [1.82, 2.24) is 4.98 Å². The van der Waals surface area contributed by atoms with E-state index in [2.05, 4.69) is 4.98 Å². The van der Waals surface area contributed by atoms with Crippen LogP contribution in [0.15, 0.2) is 30.6 Å². The number of nitrogens with zero attached hydrogens (tertiary/aromatic N) is 1. The van der Waals surface area contributed by atoms with E-state index in [1.54, 1.807) is 6.20 Å². The van der Waals surface area contributed by atoms with Gasteiger partial charge in [-0.15, -0.1) is 0 Å². The molecule has 2 aromatic rings. The quantitative estimate of drug-likeness (QED) is 0.754. The Kier molecular flexibility index (Phi) is 2.17. The maximum Gasteiger partial charge on any atom is 0.0457 e. The van der Waals surface area contributed by atoms with E-state index in [-0.39, 0.29) is 0 Å². The molecule has 0 bridgehead atoms. The van der Waals surface area contributed by atoms with Crippen LogP contribution in [0.4, 0.5) is 0 Å². The summed E-state index contributed by atoms with van der Waals surface area (Å²) in [5, 5.41) is 2.89. The number of rotatable bonds is 1. The van der Waals surface area contributed by atoms with E-state index >= 15 is 0 Å². The van der Waals surface area contributed by atoms with Crippen LogP contribution in [0.5, 0.6) is 0 Å². The molecule has 2 rings (SSSR count). The lowest BCUT2D eigenvalue weighted by molar-refractivity contribution is 1.08. The van der Waals surface area contributed by atoms with Gasteiger partial charge in [0.2, 0.25) is 0 Å². The van der Waals surface area contributed by atoms with Crippen molar-refractivity contribution < 1.29 is 0 Å². The molecule has 0 atom stereocenters. The minimum Gasteiger partial charge on any atom is -0.326 e. The van der Waals surface area contributed by atoms with E-state index in [0.29, 0.717) is 6.54 Å². The Morgan fingerprint density at radius 3 is 2.92 bits per heavy atom. The van der Waals surface area contributed by atoms with Gasteiger partial charge in [-0.25, -0.2) is 0 Å². The third kappa shape index (κ3) is 1.50. The normalized spacial score (nSPS) is 10.6. The molecule has 1 aromatic heterocycles. The van der Waals surface area contributed by atoms with Crippen molar-refractivity contribution in [3.05, 3.63) is 41.2 Å². The average molecular weight is 193 g/mol. The molecule has 0 fully saturated rings. The molecule has 0 spiro atoms. The van der Waals surface area contributed by atoms with Gasteiger partial charge in [0.1, 0.15) is 0 Å². The zero-order chi connectivity index (χ0) is 9.26. The Morgan fingerprint density at radius 2 is 2.15 bits per heavy atom. The first kappa shape index (κ1) is 8.48. The largest absolute Gasteiger partial charge is 0.326 e. The van der Waals surface area contributed by atoms with Crippen LogP contribution in [0.25, 0.3) is 10.8 Å². The van der Waals surface area contributed by atoms with Gasteiger partial charge in [-0.3, -0.25) is 4.98 Å². The summed E-state index contributed by atoms with van der Waals surface area (Å²) in [4.78, 5) is 4.03. The van der Waals surface area contributed by atoms with Gasteiger partial charge >= 0.3 is 0 Å². The van der Waals surface area contributed by atoms with Crippen molar-refractivity contribution >= 4 is 22.4 Å². The Hall–Kier alpha value is -1.12. The van der Waals surface area contributed by atoms with Crippen molar-refractivity contribution in [2.75, 3.05) is 0 Å². The molecule has 0 saturated heterocycles. The van der Waals surface area contributed by atoms with E-state index in [0.717, 1.165) is 21.4 Å². The molecule has 0 aliphatic rings. The second-order valence-electron chi connectivity index (χ2n) is 2.87. The maximum atomic E-state index is 6.00. The van der Waals surface area contributed by atoms with Gasteiger partial charge in [-0.2, -0.15) is 0 Å². The van der Waals surface area contributed by atoms with E-state index in [9.17, 15) is 0 Å². The Balaban J connectivity index is 2.74. The molecule has 1 aromatic carbocycles. The molecule has 2 nitrogen and oxygen atoms in total. The highest BCUT2D eigenvalue weighted by molar-refractivity contribution is 6.32. The molecular formula is C10H9ClN2. The van der Waals surface area contributed by atoms with Gasteiger partial charge in [0, 0.05) is 29.3 Å². The van der Waals surface area contributed by atoms with Crippen LogP contribution in [-0.4, -0.2) is 4.98 Å². The molecule has 0 amide bonds. The number of nitrogens with two attached hydrogens (primary N) is 1. The second kappa shape index (κ2) is 3.32. The fraction of sp³-hybridized carbons (Fsp3) is 0.100.